The third-order valence-corrected chi connectivity index (χ3v) is 4.76. The first-order valence-corrected chi connectivity index (χ1v) is 9.40. The van der Waals surface area contributed by atoms with E-state index >= 15 is 0 Å². The van der Waals surface area contributed by atoms with Gasteiger partial charge in [-0.3, -0.25) is 4.72 Å². The molecule has 0 aliphatic rings. The number of aromatic nitrogens is 2. The number of nitrogens with two attached hydrogens (primary N) is 1. The highest BCUT2D eigenvalue weighted by atomic mass is 32.2. The van der Waals surface area contributed by atoms with Crippen molar-refractivity contribution in [1.29, 1.82) is 0 Å². The summed E-state index contributed by atoms with van der Waals surface area (Å²) in [6.45, 7) is 5.90. The van der Waals surface area contributed by atoms with Gasteiger partial charge in [-0.25, -0.2) is 18.4 Å². The van der Waals surface area contributed by atoms with Gasteiger partial charge in [0.25, 0.3) is 10.0 Å². The number of hydrogen-bond donors (Lipinski definition) is 2. The highest BCUT2D eigenvalue weighted by molar-refractivity contribution is 7.92. The van der Waals surface area contributed by atoms with Crippen LogP contribution in [0.15, 0.2) is 41.6 Å². The van der Waals surface area contributed by atoms with Crippen LogP contribution in [-0.2, 0) is 10.0 Å². The smallest absolute Gasteiger partial charge is 0.263 e. The molecular weight excluding hydrogens is 326 g/mol. The molecule has 0 spiro atoms. The van der Waals surface area contributed by atoms with Crippen molar-refractivity contribution in [3.8, 4) is 0 Å². The third-order valence-electron chi connectivity index (χ3n) is 3.39. The molecule has 24 heavy (non-hydrogen) atoms. The summed E-state index contributed by atoms with van der Waals surface area (Å²) in [5.41, 5.74) is 6.10. The third kappa shape index (κ3) is 4.58. The van der Waals surface area contributed by atoms with E-state index in [2.05, 4.69) is 33.4 Å². The predicted molar refractivity (Wildman–Crippen MR) is 96.5 cm³/mol. The fourth-order valence-electron chi connectivity index (χ4n) is 2.30. The van der Waals surface area contributed by atoms with Gasteiger partial charge in [-0.15, -0.1) is 0 Å². The van der Waals surface area contributed by atoms with Gasteiger partial charge in [0.2, 0.25) is 0 Å². The van der Waals surface area contributed by atoms with Crippen molar-refractivity contribution >= 4 is 27.3 Å². The van der Waals surface area contributed by atoms with E-state index in [1.54, 1.807) is 18.2 Å². The van der Waals surface area contributed by atoms with Crippen molar-refractivity contribution in [3.05, 3.63) is 36.7 Å². The number of rotatable bonds is 8. The van der Waals surface area contributed by atoms with Gasteiger partial charge in [0.05, 0.1) is 4.90 Å². The summed E-state index contributed by atoms with van der Waals surface area (Å²) >= 11 is 0. The minimum absolute atomic E-state index is 0.135. The van der Waals surface area contributed by atoms with Gasteiger partial charge in [-0.1, -0.05) is 13.8 Å². The predicted octanol–water partition coefficient (Wildman–Crippen LogP) is 2.49. The second-order valence-electron chi connectivity index (χ2n) is 5.42. The van der Waals surface area contributed by atoms with Crippen LogP contribution in [0.3, 0.4) is 0 Å². The summed E-state index contributed by atoms with van der Waals surface area (Å²) < 4.78 is 27.3. The lowest BCUT2D eigenvalue weighted by molar-refractivity contribution is 0.601. The normalized spacial score (nSPS) is 11.2. The molecule has 8 heteroatoms. The Bertz CT molecular complexity index is 756. The van der Waals surface area contributed by atoms with Crippen molar-refractivity contribution in [2.45, 2.75) is 31.6 Å². The number of sulfonamides is 1. The van der Waals surface area contributed by atoms with Gasteiger partial charge in [-0.05, 0) is 37.1 Å². The van der Waals surface area contributed by atoms with Crippen LogP contribution in [0.1, 0.15) is 26.7 Å². The minimum Gasteiger partial charge on any atom is -0.399 e. The summed E-state index contributed by atoms with van der Waals surface area (Å²) in [7, 11) is -3.71. The fourth-order valence-corrected chi connectivity index (χ4v) is 3.30. The number of benzene rings is 1. The van der Waals surface area contributed by atoms with Gasteiger partial charge >= 0.3 is 0 Å². The molecule has 7 nitrogen and oxygen atoms in total. The van der Waals surface area contributed by atoms with Crippen LogP contribution in [0.2, 0.25) is 0 Å². The maximum Gasteiger partial charge on any atom is 0.263 e. The zero-order valence-electron chi connectivity index (χ0n) is 13.9. The van der Waals surface area contributed by atoms with Crippen LogP contribution in [0.25, 0.3) is 0 Å². The molecule has 0 atom stereocenters. The second kappa shape index (κ2) is 7.96. The lowest BCUT2D eigenvalue weighted by atomic mass is 10.3. The van der Waals surface area contributed by atoms with Gasteiger partial charge in [-0.2, -0.15) is 0 Å². The summed E-state index contributed by atoms with van der Waals surface area (Å²) in [6.07, 6.45) is 3.33. The standard InChI is InChI=1S/C16H23N5O2S/c1-3-9-21(10-4-2)16-11-15(18-12-19-16)20-24(22,23)14-7-5-13(17)6-8-14/h5-8,11-12H,3-4,9-10,17H2,1-2H3,(H,18,19,20). The Morgan fingerprint density at radius 2 is 1.71 bits per heavy atom. The molecule has 0 unspecified atom stereocenters. The van der Waals surface area contributed by atoms with Crippen LogP contribution in [0.4, 0.5) is 17.3 Å². The average molecular weight is 349 g/mol. The molecule has 0 aliphatic carbocycles. The van der Waals surface area contributed by atoms with Gasteiger partial charge in [0.1, 0.15) is 18.0 Å². The summed E-state index contributed by atoms with van der Waals surface area (Å²) in [5.74, 6) is 0.956. The molecular formula is C16H23N5O2S. The Kier molecular flexibility index (Phi) is 5.97. The molecule has 0 fully saturated rings. The maximum absolute atomic E-state index is 12.4. The van der Waals surface area contributed by atoms with Crippen LogP contribution in [-0.4, -0.2) is 31.5 Å². The van der Waals surface area contributed by atoms with E-state index in [9.17, 15) is 8.42 Å². The number of nitrogens with one attached hydrogen (secondary N) is 1. The second-order valence-corrected chi connectivity index (χ2v) is 7.11. The average Bonchev–Trinajstić information content (AvgIpc) is 2.55. The van der Waals surface area contributed by atoms with E-state index in [4.69, 9.17) is 5.73 Å². The molecule has 0 aliphatic heterocycles. The summed E-state index contributed by atoms with van der Waals surface area (Å²) in [5, 5.41) is 0. The van der Waals surface area contributed by atoms with E-state index in [1.165, 1.54) is 18.5 Å². The molecule has 2 aromatic rings. The van der Waals surface area contributed by atoms with Gasteiger partial charge < -0.3 is 10.6 Å². The number of nitrogen functional groups attached to an aromatic ring is 1. The van der Waals surface area contributed by atoms with Crippen LogP contribution in [0, 0.1) is 0 Å². The molecule has 2 rings (SSSR count). The first-order valence-electron chi connectivity index (χ1n) is 7.91. The maximum atomic E-state index is 12.4. The first kappa shape index (κ1) is 18.0. The molecule has 3 N–H and O–H groups in total. The van der Waals surface area contributed by atoms with Crippen LogP contribution in [0.5, 0.6) is 0 Å². The topological polar surface area (TPSA) is 101 Å². The molecule has 0 saturated heterocycles. The lowest BCUT2D eigenvalue weighted by Gasteiger charge is -2.22. The minimum atomic E-state index is -3.71. The Hall–Kier alpha value is -2.35. The monoisotopic (exact) mass is 349 g/mol. The van der Waals surface area contributed by atoms with E-state index in [-0.39, 0.29) is 10.7 Å². The number of hydrogen-bond acceptors (Lipinski definition) is 6. The Labute approximate surface area is 143 Å². The Balaban J connectivity index is 2.23. The largest absolute Gasteiger partial charge is 0.399 e. The molecule has 1 aromatic carbocycles. The van der Waals surface area contributed by atoms with Gasteiger partial charge in [0.15, 0.2) is 0 Å². The highest BCUT2D eigenvalue weighted by Gasteiger charge is 2.16. The van der Waals surface area contributed by atoms with Crippen molar-refractivity contribution in [3.63, 3.8) is 0 Å². The lowest BCUT2D eigenvalue weighted by Crippen LogP contribution is -2.26. The van der Waals surface area contributed by atoms with Gasteiger partial charge in [0, 0.05) is 24.8 Å². The molecule has 1 aromatic heterocycles. The van der Waals surface area contributed by atoms with Crippen molar-refractivity contribution < 1.29 is 8.42 Å². The van der Waals surface area contributed by atoms with E-state index in [1.807, 2.05) is 0 Å². The highest BCUT2D eigenvalue weighted by Crippen LogP contribution is 2.19. The van der Waals surface area contributed by atoms with Crippen molar-refractivity contribution in [2.24, 2.45) is 0 Å². The molecule has 1 heterocycles. The Morgan fingerprint density at radius 1 is 1.08 bits per heavy atom. The van der Waals surface area contributed by atoms with Crippen molar-refractivity contribution in [2.75, 3.05) is 28.4 Å². The van der Waals surface area contributed by atoms with Crippen LogP contribution < -0.4 is 15.4 Å². The number of anilines is 3. The van der Waals surface area contributed by atoms with Crippen molar-refractivity contribution in [1.82, 2.24) is 9.97 Å². The van der Waals surface area contributed by atoms with Crippen LogP contribution >= 0.6 is 0 Å². The fraction of sp³-hybridized carbons (Fsp3) is 0.375. The summed E-state index contributed by atoms with van der Waals surface area (Å²) in [6, 6.07) is 7.66. The first-order chi connectivity index (χ1) is 11.5. The Morgan fingerprint density at radius 3 is 2.29 bits per heavy atom. The quantitative estimate of drug-likeness (QED) is 0.710. The SMILES string of the molecule is CCCN(CCC)c1cc(NS(=O)(=O)c2ccc(N)cc2)ncn1. The molecule has 0 amide bonds. The molecule has 0 bridgehead atoms. The summed E-state index contributed by atoms with van der Waals surface area (Å²) in [4.78, 5) is 10.5. The van der Waals surface area contributed by atoms with E-state index in [0.29, 0.717) is 11.5 Å². The molecule has 0 radical (unpaired) electrons. The van der Waals surface area contributed by atoms with E-state index in [0.717, 1.165) is 25.9 Å². The number of nitrogens with zero attached hydrogens (tertiary/aromatic N) is 3. The zero-order chi connectivity index (χ0) is 17.6. The molecule has 0 saturated carbocycles. The van der Waals surface area contributed by atoms with E-state index < -0.39 is 10.0 Å². The molecule has 130 valence electrons. The zero-order valence-corrected chi connectivity index (χ0v) is 14.8.